The van der Waals surface area contributed by atoms with Gasteiger partial charge in [0.15, 0.2) is 0 Å². The summed E-state index contributed by atoms with van der Waals surface area (Å²) in [4.78, 5) is 22.6. The van der Waals surface area contributed by atoms with Gasteiger partial charge in [0.25, 0.3) is 5.91 Å². The van der Waals surface area contributed by atoms with Crippen molar-refractivity contribution >= 4 is 34.5 Å². The molecule has 2 N–H and O–H groups in total. The van der Waals surface area contributed by atoms with E-state index in [0.29, 0.717) is 5.56 Å². The van der Waals surface area contributed by atoms with Crippen molar-refractivity contribution in [2.75, 3.05) is 0 Å². The van der Waals surface area contributed by atoms with E-state index in [1.54, 1.807) is 18.2 Å². The number of aliphatic carboxylic acids is 1. The number of carbonyl (C=O) groups excluding carboxylic acids is 1. The molecule has 1 aromatic rings. The van der Waals surface area contributed by atoms with E-state index in [4.69, 9.17) is 5.11 Å². The molecule has 90 valence electrons. The van der Waals surface area contributed by atoms with Gasteiger partial charge in [0.1, 0.15) is 6.04 Å². The molecule has 0 bridgehead atoms. The lowest BCUT2D eigenvalue weighted by Gasteiger charge is -2.12. The zero-order valence-electron chi connectivity index (χ0n) is 9.02. The normalized spacial score (nSPS) is 11.6. The van der Waals surface area contributed by atoms with Crippen molar-refractivity contribution in [1.82, 2.24) is 5.32 Å². The van der Waals surface area contributed by atoms with Gasteiger partial charge in [0.05, 0.1) is 0 Å². The second-order valence-corrected chi connectivity index (χ2v) is 4.64. The van der Waals surface area contributed by atoms with Gasteiger partial charge >= 0.3 is 5.97 Å². The Balaban J connectivity index is 2.77. The van der Waals surface area contributed by atoms with Gasteiger partial charge < -0.3 is 10.4 Å². The molecular weight excluding hydrogens is 333 g/mol. The SMILES string of the molecule is C=CCC(NC(=O)c1cccc(I)c1)C(=O)O. The molecule has 0 aliphatic rings. The lowest BCUT2D eigenvalue weighted by atomic mass is 10.1. The van der Waals surface area contributed by atoms with E-state index < -0.39 is 17.9 Å². The number of halogens is 1. The van der Waals surface area contributed by atoms with Crippen LogP contribution in [0.5, 0.6) is 0 Å². The Morgan fingerprint density at radius 3 is 2.76 bits per heavy atom. The van der Waals surface area contributed by atoms with Gasteiger partial charge in [-0.3, -0.25) is 4.79 Å². The summed E-state index contributed by atoms with van der Waals surface area (Å²) in [6.45, 7) is 3.46. The number of rotatable bonds is 5. The van der Waals surface area contributed by atoms with Gasteiger partial charge in [0.2, 0.25) is 0 Å². The maximum Gasteiger partial charge on any atom is 0.326 e. The van der Waals surface area contributed by atoms with Gasteiger partial charge in [-0.1, -0.05) is 12.1 Å². The fourth-order valence-electron chi connectivity index (χ4n) is 1.26. The van der Waals surface area contributed by atoms with Crippen LogP contribution in [-0.4, -0.2) is 23.0 Å². The maximum absolute atomic E-state index is 11.8. The number of benzene rings is 1. The predicted octanol–water partition coefficient (Wildman–Crippen LogP) is 2.05. The zero-order valence-corrected chi connectivity index (χ0v) is 11.2. The molecule has 0 saturated heterocycles. The first kappa shape index (κ1) is 13.7. The lowest BCUT2D eigenvalue weighted by molar-refractivity contribution is -0.139. The molecule has 0 aliphatic carbocycles. The molecule has 0 saturated carbocycles. The van der Waals surface area contributed by atoms with Crippen molar-refractivity contribution in [3.05, 3.63) is 46.1 Å². The molecule has 17 heavy (non-hydrogen) atoms. The molecule has 1 amide bonds. The molecule has 0 heterocycles. The second kappa shape index (κ2) is 6.39. The number of amides is 1. The molecule has 1 atom stereocenters. The van der Waals surface area contributed by atoms with Crippen molar-refractivity contribution in [1.29, 1.82) is 0 Å². The van der Waals surface area contributed by atoms with Crippen LogP contribution in [0.15, 0.2) is 36.9 Å². The van der Waals surface area contributed by atoms with Crippen molar-refractivity contribution in [2.24, 2.45) is 0 Å². The number of carboxylic acids is 1. The average molecular weight is 345 g/mol. The molecule has 1 rings (SSSR count). The second-order valence-electron chi connectivity index (χ2n) is 3.40. The largest absolute Gasteiger partial charge is 0.480 e. The summed E-state index contributed by atoms with van der Waals surface area (Å²) in [5, 5.41) is 11.3. The summed E-state index contributed by atoms with van der Waals surface area (Å²) in [6, 6.07) is 6.01. The molecule has 0 aromatic heterocycles. The van der Waals surface area contributed by atoms with E-state index in [-0.39, 0.29) is 6.42 Å². The molecule has 0 radical (unpaired) electrons. The highest BCUT2D eigenvalue weighted by molar-refractivity contribution is 14.1. The summed E-state index contributed by atoms with van der Waals surface area (Å²) < 4.78 is 0.922. The highest BCUT2D eigenvalue weighted by atomic mass is 127. The lowest BCUT2D eigenvalue weighted by Crippen LogP contribution is -2.40. The monoisotopic (exact) mass is 345 g/mol. The predicted molar refractivity (Wildman–Crippen MR) is 72.9 cm³/mol. The van der Waals surface area contributed by atoms with Crippen LogP contribution in [0, 0.1) is 3.57 Å². The number of carbonyl (C=O) groups is 2. The van der Waals surface area contributed by atoms with Crippen molar-refractivity contribution in [3.63, 3.8) is 0 Å². The summed E-state index contributed by atoms with van der Waals surface area (Å²) in [6.07, 6.45) is 1.67. The van der Waals surface area contributed by atoms with Crippen molar-refractivity contribution in [2.45, 2.75) is 12.5 Å². The quantitative estimate of drug-likeness (QED) is 0.634. The molecule has 0 fully saturated rings. The van der Waals surface area contributed by atoms with Gasteiger partial charge in [-0.25, -0.2) is 4.79 Å². The standard InChI is InChI=1S/C12H12INO3/c1-2-4-10(12(16)17)14-11(15)8-5-3-6-9(13)7-8/h2-3,5-7,10H,1,4H2,(H,14,15)(H,16,17). The fraction of sp³-hybridized carbons (Fsp3) is 0.167. The number of carboxylic acid groups (broad SMARTS) is 1. The van der Waals surface area contributed by atoms with E-state index >= 15 is 0 Å². The zero-order chi connectivity index (χ0) is 12.8. The Hall–Kier alpha value is -1.37. The van der Waals surface area contributed by atoms with Crippen LogP contribution in [0.25, 0.3) is 0 Å². The average Bonchev–Trinajstić information content (AvgIpc) is 2.28. The first-order chi connectivity index (χ1) is 8.04. The smallest absolute Gasteiger partial charge is 0.326 e. The minimum absolute atomic E-state index is 0.199. The third-order valence-electron chi connectivity index (χ3n) is 2.09. The summed E-state index contributed by atoms with van der Waals surface area (Å²) in [5.74, 6) is -1.46. The molecular formula is C12H12INO3. The Morgan fingerprint density at radius 1 is 1.53 bits per heavy atom. The topological polar surface area (TPSA) is 66.4 Å². The van der Waals surface area contributed by atoms with E-state index in [0.717, 1.165) is 3.57 Å². The van der Waals surface area contributed by atoms with Crippen LogP contribution in [0.3, 0.4) is 0 Å². The van der Waals surface area contributed by atoms with Crippen LogP contribution in [0.1, 0.15) is 16.8 Å². The van der Waals surface area contributed by atoms with Gasteiger partial charge in [-0.15, -0.1) is 6.58 Å². The minimum Gasteiger partial charge on any atom is -0.480 e. The van der Waals surface area contributed by atoms with Crippen molar-refractivity contribution in [3.8, 4) is 0 Å². The molecule has 1 unspecified atom stereocenters. The Kier molecular flexibility index (Phi) is 5.14. The van der Waals surface area contributed by atoms with E-state index in [2.05, 4.69) is 34.5 Å². The minimum atomic E-state index is -1.07. The number of hydrogen-bond donors (Lipinski definition) is 2. The third kappa shape index (κ3) is 4.18. The number of nitrogens with one attached hydrogen (secondary N) is 1. The molecule has 0 aliphatic heterocycles. The summed E-state index contributed by atoms with van der Waals surface area (Å²) in [5.41, 5.74) is 0.451. The third-order valence-corrected chi connectivity index (χ3v) is 2.76. The Labute approximate surface area is 113 Å². The molecule has 1 aromatic carbocycles. The van der Waals surface area contributed by atoms with Gasteiger partial charge in [0, 0.05) is 9.13 Å². The van der Waals surface area contributed by atoms with E-state index in [1.165, 1.54) is 6.08 Å². The maximum atomic E-state index is 11.8. The van der Waals surface area contributed by atoms with E-state index in [1.807, 2.05) is 6.07 Å². The summed E-state index contributed by atoms with van der Waals surface area (Å²) >= 11 is 2.09. The summed E-state index contributed by atoms with van der Waals surface area (Å²) in [7, 11) is 0. The van der Waals surface area contributed by atoms with Crippen LogP contribution in [0.2, 0.25) is 0 Å². The Morgan fingerprint density at radius 2 is 2.24 bits per heavy atom. The van der Waals surface area contributed by atoms with Crippen molar-refractivity contribution < 1.29 is 14.7 Å². The molecule has 4 nitrogen and oxygen atoms in total. The van der Waals surface area contributed by atoms with Gasteiger partial charge in [-0.2, -0.15) is 0 Å². The highest BCUT2D eigenvalue weighted by Crippen LogP contribution is 2.08. The van der Waals surface area contributed by atoms with Crippen LogP contribution in [-0.2, 0) is 4.79 Å². The van der Waals surface area contributed by atoms with Crippen LogP contribution >= 0.6 is 22.6 Å². The number of hydrogen-bond acceptors (Lipinski definition) is 2. The Bertz CT molecular complexity index is 445. The van der Waals surface area contributed by atoms with Crippen LogP contribution in [0.4, 0.5) is 0 Å². The van der Waals surface area contributed by atoms with Gasteiger partial charge in [-0.05, 0) is 47.2 Å². The first-order valence-corrected chi connectivity index (χ1v) is 6.02. The van der Waals surface area contributed by atoms with E-state index in [9.17, 15) is 9.59 Å². The first-order valence-electron chi connectivity index (χ1n) is 4.94. The molecule has 5 heteroatoms. The molecule has 0 spiro atoms. The highest BCUT2D eigenvalue weighted by Gasteiger charge is 2.18. The fourth-order valence-corrected chi connectivity index (χ4v) is 1.80. The van der Waals surface area contributed by atoms with Crippen LogP contribution < -0.4 is 5.32 Å².